The van der Waals surface area contributed by atoms with E-state index in [-0.39, 0.29) is 22.7 Å². The van der Waals surface area contributed by atoms with E-state index in [1.165, 1.54) is 24.3 Å². The molecule has 0 unspecified atom stereocenters. The Bertz CT molecular complexity index is 489. The highest BCUT2D eigenvalue weighted by Gasteiger charge is 2.30. The summed E-state index contributed by atoms with van der Waals surface area (Å²) in [6.45, 7) is 12.4. The van der Waals surface area contributed by atoms with Crippen molar-refractivity contribution in [2.24, 2.45) is 5.41 Å². The zero-order valence-electron chi connectivity index (χ0n) is 14.5. The van der Waals surface area contributed by atoms with Crippen molar-refractivity contribution in [3.8, 4) is 5.75 Å². The molecule has 1 aromatic carbocycles. The number of ether oxygens (including phenoxy) is 1. The predicted octanol–water partition coefficient (Wildman–Crippen LogP) is 4.31. The maximum Gasteiger partial charge on any atom is 0.261 e. The van der Waals surface area contributed by atoms with E-state index in [4.69, 9.17) is 4.74 Å². The highest BCUT2D eigenvalue weighted by Crippen LogP contribution is 2.27. The first-order valence-electron chi connectivity index (χ1n) is 7.77. The van der Waals surface area contributed by atoms with Crippen LogP contribution in [0.3, 0.4) is 0 Å². The average Bonchev–Trinajstić information content (AvgIpc) is 2.34. The number of benzene rings is 1. The van der Waals surface area contributed by atoms with Gasteiger partial charge in [-0.1, -0.05) is 27.7 Å². The predicted molar refractivity (Wildman–Crippen MR) is 87.4 cm³/mol. The fourth-order valence-corrected chi connectivity index (χ4v) is 2.78. The summed E-state index contributed by atoms with van der Waals surface area (Å²) >= 11 is 0. The van der Waals surface area contributed by atoms with Crippen molar-refractivity contribution in [1.29, 1.82) is 0 Å². The molecule has 0 aromatic heterocycles. The Labute approximate surface area is 133 Å². The number of amides is 1. The molecule has 0 aliphatic rings. The van der Waals surface area contributed by atoms with Gasteiger partial charge in [0.1, 0.15) is 11.6 Å². The van der Waals surface area contributed by atoms with E-state index in [9.17, 15) is 9.18 Å². The molecule has 0 aliphatic heterocycles. The molecule has 4 heteroatoms. The van der Waals surface area contributed by atoms with Gasteiger partial charge in [-0.2, -0.15) is 0 Å². The Kier molecular flexibility index (Phi) is 5.98. The second-order valence-electron chi connectivity index (χ2n) is 7.58. The van der Waals surface area contributed by atoms with Gasteiger partial charge in [-0.15, -0.1) is 0 Å². The van der Waals surface area contributed by atoms with Crippen LogP contribution in [0.5, 0.6) is 5.75 Å². The van der Waals surface area contributed by atoms with Gasteiger partial charge in [0.25, 0.3) is 5.91 Å². The molecule has 1 rings (SSSR count). The van der Waals surface area contributed by atoms with Crippen LogP contribution in [0, 0.1) is 11.2 Å². The van der Waals surface area contributed by atoms with Crippen LogP contribution in [0.1, 0.15) is 54.4 Å². The summed E-state index contributed by atoms with van der Waals surface area (Å²) in [7, 11) is 0. The van der Waals surface area contributed by atoms with Crippen LogP contribution in [0.15, 0.2) is 24.3 Å². The number of carbonyl (C=O) groups is 1. The standard InChI is InChI=1S/C18H28FNO2/c1-7-15(22-14-10-8-13(19)9-11-14)16(21)20-18(5,6)12-17(2,3)4/h8-11,15H,7,12H2,1-6H3,(H,20,21)/t15-/m0/s1. The van der Waals surface area contributed by atoms with Gasteiger partial charge in [-0.3, -0.25) is 4.79 Å². The first-order chi connectivity index (χ1) is 10.0. The first kappa shape index (κ1) is 18.5. The molecular formula is C18H28FNO2. The molecule has 3 nitrogen and oxygen atoms in total. The molecule has 0 saturated heterocycles. The Hall–Kier alpha value is -1.58. The summed E-state index contributed by atoms with van der Waals surface area (Å²) in [6, 6.07) is 5.71. The van der Waals surface area contributed by atoms with Gasteiger partial charge in [0.2, 0.25) is 0 Å². The molecule has 0 bridgehead atoms. The summed E-state index contributed by atoms with van der Waals surface area (Å²) in [5.74, 6) is 0.0364. The summed E-state index contributed by atoms with van der Waals surface area (Å²) in [5, 5.41) is 3.06. The van der Waals surface area contributed by atoms with Crippen LogP contribution in [0.2, 0.25) is 0 Å². The summed E-state index contributed by atoms with van der Waals surface area (Å²) < 4.78 is 18.6. The third-order valence-corrected chi connectivity index (χ3v) is 3.19. The molecule has 1 amide bonds. The van der Waals surface area contributed by atoms with Gasteiger partial charge in [0, 0.05) is 5.54 Å². The van der Waals surface area contributed by atoms with E-state index >= 15 is 0 Å². The van der Waals surface area contributed by atoms with Gasteiger partial charge < -0.3 is 10.1 Å². The molecule has 1 N–H and O–H groups in total. The Balaban J connectivity index is 2.70. The molecule has 0 fully saturated rings. The summed E-state index contributed by atoms with van der Waals surface area (Å²) in [4.78, 5) is 12.4. The van der Waals surface area contributed by atoms with Crippen molar-refractivity contribution in [2.75, 3.05) is 0 Å². The molecule has 0 spiro atoms. The Morgan fingerprint density at radius 1 is 1.18 bits per heavy atom. The smallest absolute Gasteiger partial charge is 0.261 e. The minimum atomic E-state index is -0.579. The monoisotopic (exact) mass is 309 g/mol. The first-order valence-corrected chi connectivity index (χ1v) is 7.77. The lowest BCUT2D eigenvalue weighted by atomic mass is 9.81. The van der Waals surface area contributed by atoms with E-state index in [2.05, 4.69) is 26.1 Å². The summed E-state index contributed by atoms with van der Waals surface area (Å²) in [5.41, 5.74) is -0.189. The molecule has 0 saturated carbocycles. The number of nitrogens with one attached hydrogen (secondary N) is 1. The maximum atomic E-state index is 12.9. The van der Waals surface area contributed by atoms with Crippen molar-refractivity contribution < 1.29 is 13.9 Å². The van der Waals surface area contributed by atoms with Crippen LogP contribution >= 0.6 is 0 Å². The lowest BCUT2D eigenvalue weighted by Crippen LogP contribution is -2.50. The molecule has 0 radical (unpaired) electrons. The zero-order valence-corrected chi connectivity index (χ0v) is 14.5. The van der Waals surface area contributed by atoms with E-state index < -0.39 is 6.10 Å². The second kappa shape index (κ2) is 7.12. The third-order valence-electron chi connectivity index (χ3n) is 3.19. The van der Waals surface area contributed by atoms with Crippen molar-refractivity contribution in [3.05, 3.63) is 30.1 Å². The Morgan fingerprint density at radius 3 is 2.18 bits per heavy atom. The minimum absolute atomic E-state index is 0.121. The van der Waals surface area contributed by atoms with Crippen LogP contribution in [-0.4, -0.2) is 17.6 Å². The van der Waals surface area contributed by atoms with Crippen molar-refractivity contribution in [1.82, 2.24) is 5.32 Å². The van der Waals surface area contributed by atoms with Gasteiger partial charge in [-0.05, 0) is 56.4 Å². The highest BCUT2D eigenvalue weighted by atomic mass is 19.1. The second-order valence-corrected chi connectivity index (χ2v) is 7.58. The van der Waals surface area contributed by atoms with Crippen LogP contribution in [0.4, 0.5) is 4.39 Å². The quantitative estimate of drug-likeness (QED) is 0.850. The lowest BCUT2D eigenvalue weighted by Gasteiger charge is -2.34. The van der Waals surface area contributed by atoms with Crippen LogP contribution < -0.4 is 10.1 Å². The van der Waals surface area contributed by atoms with Crippen LogP contribution in [0.25, 0.3) is 0 Å². The van der Waals surface area contributed by atoms with Crippen molar-refractivity contribution in [2.45, 2.75) is 66.0 Å². The average molecular weight is 309 g/mol. The Morgan fingerprint density at radius 2 is 1.73 bits per heavy atom. The molecule has 0 heterocycles. The minimum Gasteiger partial charge on any atom is -0.481 e. The fraction of sp³-hybridized carbons (Fsp3) is 0.611. The molecule has 22 heavy (non-hydrogen) atoms. The number of rotatable bonds is 6. The van der Waals surface area contributed by atoms with Gasteiger partial charge in [0.05, 0.1) is 0 Å². The van der Waals surface area contributed by atoms with E-state index in [0.717, 1.165) is 6.42 Å². The van der Waals surface area contributed by atoms with Gasteiger partial charge in [0.15, 0.2) is 6.10 Å². The number of hydrogen-bond acceptors (Lipinski definition) is 2. The van der Waals surface area contributed by atoms with Gasteiger partial charge in [-0.25, -0.2) is 4.39 Å². The van der Waals surface area contributed by atoms with Crippen molar-refractivity contribution in [3.63, 3.8) is 0 Å². The normalized spacial score (nSPS) is 13.6. The number of carbonyl (C=O) groups excluding carboxylic acids is 1. The highest BCUT2D eigenvalue weighted by molar-refractivity contribution is 5.81. The molecule has 1 atom stereocenters. The van der Waals surface area contributed by atoms with E-state index in [1.54, 1.807) is 0 Å². The third kappa shape index (κ3) is 6.46. The SMILES string of the molecule is CC[C@H](Oc1ccc(F)cc1)C(=O)NC(C)(C)CC(C)(C)C. The number of hydrogen-bond donors (Lipinski definition) is 1. The maximum absolute atomic E-state index is 12.9. The zero-order chi connectivity index (χ0) is 17.0. The topological polar surface area (TPSA) is 38.3 Å². The molecular weight excluding hydrogens is 281 g/mol. The van der Waals surface area contributed by atoms with E-state index in [1.807, 2.05) is 20.8 Å². The van der Waals surface area contributed by atoms with Gasteiger partial charge >= 0.3 is 0 Å². The molecule has 124 valence electrons. The lowest BCUT2D eigenvalue weighted by molar-refractivity contribution is -0.130. The molecule has 1 aromatic rings. The summed E-state index contributed by atoms with van der Waals surface area (Å²) in [6.07, 6.45) is 0.831. The van der Waals surface area contributed by atoms with Crippen LogP contribution in [-0.2, 0) is 4.79 Å². The molecule has 0 aliphatic carbocycles. The van der Waals surface area contributed by atoms with Crippen molar-refractivity contribution >= 4 is 5.91 Å². The number of halogens is 1. The largest absolute Gasteiger partial charge is 0.481 e. The fourth-order valence-electron chi connectivity index (χ4n) is 2.78. The van der Waals surface area contributed by atoms with E-state index in [0.29, 0.717) is 12.2 Å².